The van der Waals surface area contributed by atoms with Gasteiger partial charge in [-0.3, -0.25) is 4.79 Å². The third-order valence-electron chi connectivity index (χ3n) is 5.17. The van der Waals surface area contributed by atoms with Crippen LogP contribution in [0.3, 0.4) is 0 Å². The second-order valence-electron chi connectivity index (χ2n) is 7.67. The molecule has 2 heterocycles. The van der Waals surface area contributed by atoms with Crippen LogP contribution in [0.5, 0.6) is 0 Å². The monoisotopic (exact) mass is 433 g/mol. The molecule has 1 saturated carbocycles. The maximum Gasteiger partial charge on any atom is 0.417 e. The molecule has 164 valence electrons. The number of amides is 1. The third kappa shape index (κ3) is 4.87. The number of aromatic nitrogens is 2. The van der Waals surface area contributed by atoms with Gasteiger partial charge in [0.1, 0.15) is 0 Å². The van der Waals surface area contributed by atoms with Crippen molar-refractivity contribution >= 4 is 17.0 Å². The van der Waals surface area contributed by atoms with Gasteiger partial charge in [-0.1, -0.05) is 23.4 Å². The zero-order valence-corrected chi connectivity index (χ0v) is 17.0. The number of hydrogen-bond acceptors (Lipinski definition) is 5. The Balaban J connectivity index is 1.58. The van der Waals surface area contributed by atoms with Gasteiger partial charge >= 0.3 is 6.18 Å². The van der Waals surface area contributed by atoms with Crippen LogP contribution in [-0.4, -0.2) is 35.8 Å². The summed E-state index contributed by atoms with van der Waals surface area (Å²) in [7, 11) is 0. The smallest absolute Gasteiger partial charge is 0.381 e. The predicted molar refractivity (Wildman–Crippen MR) is 107 cm³/mol. The number of hydrogen-bond donors (Lipinski definition) is 1. The summed E-state index contributed by atoms with van der Waals surface area (Å²) in [5.41, 5.74) is -0.337. The summed E-state index contributed by atoms with van der Waals surface area (Å²) in [5, 5.41) is 7.01. The Kier molecular flexibility index (Phi) is 5.95. The Bertz CT molecular complexity index is 1090. The Labute approximate surface area is 176 Å². The summed E-state index contributed by atoms with van der Waals surface area (Å²) in [4.78, 5) is 17.1. The minimum absolute atomic E-state index is 0.00510. The van der Waals surface area contributed by atoms with Crippen molar-refractivity contribution in [1.29, 1.82) is 0 Å². The molecule has 0 spiro atoms. The number of nitrogens with one attached hydrogen (secondary N) is 1. The number of benzene rings is 1. The first-order valence-corrected chi connectivity index (χ1v) is 10.1. The normalized spacial score (nSPS) is 14.2. The highest BCUT2D eigenvalue weighted by molar-refractivity contribution is 6.07. The summed E-state index contributed by atoms with van der Waals surface area (Å²) >= 11 is 0. The number of aryl methyl sites for hydroxylation is 1. The van der Waals surface area contributed by atoms with E-state index in [0.29, 0.717) is 36.6 Å². The van der Waals surface area contributed by atoms with E-state index in [-0.39, 0.29) is 22.5 Å². The van der Waals surface area contributed by atoms with E-state index >= 15 is 0 Å². The molecule has 2 aromatic heterocycles. The molecule has 1 aliphatic rings. The molecule has 0 atom stereocenters. The van der Waals surface area contributed by atoms with Crippen molar-refractivity contribution in [2.45, 2.75) is 32.4 Å². The number of pyridine rings is 1. The third-order valence-corrected chi connectivity index (χ3v) is 5.17. The van der Waals surface area contributed by atoms with Crippen molar-refractivity contribution in [1.82, 2.24) is 15.5 Å². The van der Waals surface area contributed by atoms with Gasteiger partial charge < -0.3 is 14.6 Å². The summed E-state index contributed by atoms with van der Waals surface area (Å²) in [5.74, 6) is 0.251. The van der Waals surface area contributed by atoms with Crippen molar-refractivity contribution in [2.75, 3.05) is 19.8 Å². The Morgan fingerprint density at radius 3 is 2.81 bits per heavy atom. The van der Waals surface area contributed by atoms with Gasteiger partial charge in [0.15, 0.2) is 0 Å². The lowest BCUT2D eigenvalue weighted by atomic mass is 10.0. The van der Waals surface area contributed by atoms with E-state index < -0.39 is 17.6 Å². The average molecular weight is 433 g/mol. The van der Waals surface area contributed by atoms with Crippen LogP contribution in [0, 0.1) is 12.8 Å². The lowest BCUT2D eigenvalue weighted by Crippen LogP contribution is -2.25. The summed E-state index contributed by atoms with van der Waals surface area (Å²) in [6.07, 6.45) is -1.49. The van der Waals surface area contributed by atoms with E-state index in [1.54, 1.807) is 6.92 Å². The van der Waals surface area contributed by atoms with Gasteiger partial charge in [0.2, 0.25) is 0 Å². The van der Waals surface area contributed by atoms with Gasteiger partial charge in [-0.15, -0.1) is 0 Å². The molecular formula is C22H22F3N3O3. The largest absolute Gasteiger partial charge is 0.417 e. The van der Waals surface area contributed by atoms with Crippen molar-refractivity contribution in [2.24, 2.45) is 5.92 Å². The van der Waals surface area contributed by atoms with Crippen LogP contribution in [0.15, 0.2) is 34.9 Å². The van der Waals surface area contributed by atoms with E-state index in [4.69, 9.17) is 9.26 Å². The second kappa shape index (κ2) is 8.66. The van der Waals surface area contributed by atoms with Crippen LogP contribution in [-0.2, 0) is 10.9 Å². The van der Waals surface area contributed by atoms with E-state index in [0.717, 1.165) is 12.7 Å². The van der Waals surface area contributed by atoms with Crippen molar-refractivity contribution in [3.05, 3.63) is 47.2 Å². The molecule has 1 N–H and O–H groups in total. The number of halogens is 3. The number of carbonyl (C=O) groups is 1. The molecule has 9 heteroatoms. The van der Waals surface area contributed by atoms with Crippen LogP contribution in [0.4, 0.5) is 13.2 Å². The molecule has 6 nitrogen and oxygen atoms in total. The van der Waals surface area contributed by atoms with Gasteiger partial charge in [-0.2, -0.15) is 13.2 Å². The number of fused-ring (bicyclic) bond motifs is 1. The maximum atomic E-state index is 13.5. The molecule has 1 aliphatic carbocycles. The standard InChI is InChI=1S/C22H22F3N3O3/c1-13-19-16(20(29)26-9-4-10-30-12-14-7-8-14)11-18(27-21(19)31-28-13)15-5-2-3-6-17(15)22(23,24)25/h2-3,5-6,11,14H,4,7-10,12H2,1H3,(H,26,29). The molecule has 3 aromatic rings. The fourth-order valence-electron chi connectivity index (χ4n) is 3.37. The molecular weight excluding hydrogens is 411 g/mol. The molecule has 0 unspecified atom stereocenters. The minimum atomic E-state index is -4.56. The minimum Gasteiger partial charge on any atom is -0.381 e. The first kappa shape index (κ1) is 21.3. The first-order chi connectivity index (χ1) is 14.8. The van der Waals surface area contributed by atoms with E-state index in [1.165, 1.54) is 37.1 Å². The molecule has 1 aromatic carbocycles. The number of ether oxygens (including phenoxy) is 1. The van der Waals surface area contributed by atoms with Crippen molar-refractivity contribution in [3.63, 3.8) is 0 Å². The van der Waals surface area contributed by atoms with Crippen LogP contribution in [0.2, 0.25) is 0 Å². The molecule has 1 fully saturated rings. The Hall–Kier alpha value is -2.94. The fourth-order valence-corrected chi connectivity index (χ4v) is 3.37. The number of alkyl halides is 3. The highest BCUT2D eigenvalue weighted by atomic mass is 19.4. The van der Waals surface area contributed by atoms with Crippen LogP contribution in [0.25, 0.3) is 22.4 Å². The molecule has 0 radical (unpaired) electrons. The molecule has 0 aliphatic heterocycles. The van der Waals surface area contributed by atoms with Gasteiger partial charge in [-0.25, -0.2) is 4.98 Å². The Morgan fingerprint density at radius 1 is 1.29 bits per heavy atom. The second-order valence-corrected chi connectivity index (χ2v) is 7.67. The lowest BCUT2D eigenvalue weighted by Gasteiger charge is -2.13. The number of carbonyl (C=O) groups excluding carboxylic acids is 1. The SMILES string of the molecule is Cc1noc2nc(-c3ccccc3C(F)(F)F)cc(C(=O)NCCCOCC3CC3)c12. The van der Waals surface area contributed by atoms with Crippen molar-refractivity contribution in [3.8, 4) is 11.3 Å². The quantitative estimate of drug-likeness (QED) is 0.518. The molecule has 1 amide bonds. The molecule has 4 rings (SSSR count). The predicted octanol–water partition coefficient (Wildman–Crippen LogP) is 4.76. The highest BCUT2D eigenvalue weighted by Gasteiger charge is 2.34. The van der Waals surface area contributed by atoms with E-state index in [9.17, 15) is 18.0 Å². The zero-order valence-electron chi connectivity index (χ0n) is 17.0. The fraction of sp³-hybridized carbons (Fsp3) is 0.409. The zero-order chi connectivity index (χ0) is 22.0. The van der Waals surface area contributed by atoms with Crippen molar-refractivity contribution < 1.29 is 27.2 Å². The van der Waals surface area contributed by atoms with Gasteiger partial charge in [-0.05, 0) is 44.2 Å². The van der Waals surface area contributed by atoms with Crippen LogP contribution >= 0.6 is 0 Å². The topological polar surface area (TPSA) is 77.2 Å². The maximum absolute atomic E-state index is 13.5. The molecule has 31 heavy (non-hydrogen) atoms. The number of rotatable bonds is 8. The summed E-state index contributed by atoms with van der Waals surface area (Å²) in [6, 6.07) is 6.45. The van der Waals surface area contributed by atoms with Gasteiger partial charge in [0, 0.05) is 25.3 Å². The van der Waals surface area contributed by atoms with Crippen LogP contribution in [0.1, 0.15) is 40.9 Å². The molecule has 0 bridgehead atoms. The van der Waals surface area contributed by atoms with Crippen LogP contribution < -0.4 is 5.32 Å². The van der Waals surface area contributed by atoms with E-state index in [2.05, 4.69) is 15.5 Å². The summed E-state index contributed by atoms with van der Waals surface area (Å²) in [6.45, 7) is 3.32. The number of nitrogens with zero attached hydrogens (tertiary/aromatic N) is 2. The van der Waals surface area contributed by atoms with E-state index in [1.807, 2.05) is 0 Å². The lowest BCUT2D eigenvalue weighted by molar-refractivity contribution is -0.137. The highest BCUT2D eigenvalue weighted by Crippen LogP contribution is 2.37. The average Bonchev–Trinajstić information content (AvgIpc) is 3.50. The first-order valence-electron chi connectivity index (χ1n) is 10.1. The van der Waals surface area contributed by atoms with Gasteiger partial charge in [0.05, 0.1) is 27.9 Å². The molecule has 0 saturated heterocycles. The Morgan fingerprint density at radius 2 is 2.06 bits per heavy atom. The summed E-state index contributed by atoms with van der Waals surface area (Å²) < 4.78 is 51.2. The van der Waals surface area contributed by atoms with Gasteiger partial charge in [0.25, 0.3) is 11.6 Å².